The number of carboxylic acid groups (broad SMARTS) is 1. The molecule has 2 rings (SSSR count). The molecule has 0 spiro atoms. The number of aliphatic carboxylic acids is 1. The number of hydrogen-bond acceptors (Lipinski definition) is 5. The van der Waals surface area contributed by atoms with E-state index in [1.165, 1.54) is 0 Å². The summed E-state index contributed by atoms with van der Waals surface area (Å²) in [4.78, 5) is 60.3. The molecule has 4 N–H and O–H groups in total. The Labute approximate surface area is 189 Å². The molecule has 0 aromatic heterocycles. The van der Waals surface area contributed by atoms with Gasteiger partial charge in [0, 0.05) is 11.1 Å². The van der Waals surface area contributed by atoms with Crippen LogP contribution in [0.1, 0.15) is 26.7 Å². The van der Waals surface area contributed by atoms with Crippen molar-refractivity contribution in [2.45, 2.75) is 38.8 Å². The van der Waals surface area contributed by atoms with Gasteiger partial charge < -0.3 is 21.1 Å². The summed E-state index contributed by atoms with van der Waals surface area (Å²) in [5.74, 6) is -5.58. The molecule has 0 heterocycles. The second-order valence-corrected chi connectivity index (χ2v) is 7.90. The lowest BCUT2D eigenvalue weighted by atomic mass is 10.0. The lowest BCUT2D eigenvalue weighted by molar-refractivity contribution is -0.141. The maximum absolute atomic E-state index is 12.8. The molecular weight excluding hydrogens is 433 g/mol. The first-order chi connectivity index (χ1) is 15.6. The summed E-state index contributed by atoms with van der Waals surface area (Å²) in [6, 6.07) is 9.62. The number of fused-ring (bicyclic) bond motifs is 1. The van der Waals surface area contributed by atoms with Crippen molar-refractivity contribution in [3.63, 3.8) is 0 Å². The van der Waals surface area contributed by atoms with Crippen molar-refractivity contribution in [3.8, 4) is 0 Å². The number of anilines is 1. The van der Waals surface area contributed by atoms with Crippen LogP contribution in [0.2, 0.25) is 0 Å². The number of rotatable bonds is 10. The zero-order valence-corrected chi connectivity index (χ0v) is 18.3. The van der Waals surface area contributed by atoms with Gasteiger partial charge in [0.05, 0.1) is 6.42 Å². The lowest BCUT2D eigenvalue weighted by Gasteiger charge is -2.22. The zero-order valence-electron chi connectivity index (χ0n) is 18.3. The van der Waals surface area contributed by atoms with E-state index in [4.69, 9.17) is 5.11 Å². The third kappa shape index (κ3) is 7.37. The fraction of sp³-hybridized carbons (Fsp3) is 0.348. The van der Waals surface area contributed by atoms with E-state index < -0.39 is 54.7 Å². The third-order valence-electron chi connectivity index (χ3n) is 4.79. The second kappa shape index (κ2) is 11.7. The molecule has 3 amide bonds. The average molecular weight is 459 g/mol. The summed E-state index contributed by atoms with van der Waals surface area (Å²) >= 11 is 0. The molecule has 176 valence electrons. The van der Waals surface area contributed by atoms with Crippen molar-refractivity contribution in [2.24, 2.45) is 5.92 Å². The Morgan fingerprint density at radius 2 is 1.58 bits per heavy atom. The van der Waals surface area contributed by atoms with Crippen molar-refractivity contribution in [2.75, 3.05) is 12.0 Å². The van der Waals surface area contributed by atoms with Crippen LogP contribution in [0.5, 0.6) is 0 Å². The molecular formula is C23H26FN3O6. The number of carboxylic acids is 1. The fourth-order valence-corrected chi connectivity index (χ4v) is 3.23. The number of carbonyl (C=O) groups excluding carboxylic acids is 4. The largest absolute Gasteiger partial charge is 0.481 e. The van der Waals surface area contributed by atoms with E-state index in [9.17, 15) is 28.4 Å². The van der Waals surface area contributed by atoms with Gasteiger partial charge in [-0.15, -0.1) is 0 Å². The summed E-state index contributed by atoms with van der Waals surface area (Å²) in [5, 5.41) is 17.5. The molecule has 2 atom stereocenters. The van der Waals surface area contributed by atoms with Crippen LogP contribution in [0.25, 0.3) is 10.8 Å². The van der Waals surface area contributed by atoms with Crippen LogP contribution < -0.4 is 16.0 Å². The average Bonchev–Trinajstić information content (AvgIpc) is 2.77. The Balaban J connectivity index is 2.13. The van der Waals surface area contributed by atoms with E-state index in [0.717, 1.165) is 10.8 Å². The predicted molar refractivity (Wildman–Crippen MR) is 119 cm³/mol. The first-order valence-electron chi connectivity index (χ1n) is 10.3. The highest BCUT2D eigenvalue weighted by Crippen LogP contribution is 2.22. The maximum Gasteiger partial charge on any atom is 0.313 e. The number of hydrogen-bond donors (Lipinski definition) is 4. The summed E-state index contributed by atoms with van der Waals surface area (Å²) in [5.41, 5.74) is 0.410. The van der Waals surface area contributed by atoms with Gasteiger partial charge in [-0.05, 0) is 23.8 Å². The second-order valence-electron chi connectivity index (χ2n) is 7.90. The normalized spacial score (nSPS) is 12.6. The van der Waals surface area contributed by atoms with Gasteiger partial charge >= 0.3 is 17.8 Å². The Kier molecular flexibility index (Phi) is 9.02. The molecule has 0 saturated heterocycles. The van der Waals surface area contributed by atoms with Crippen LogP contribution >= 0.6 is 0 Å². The van der Waals surface area contributed by atoms with Crippen molar-refractivity contribution >= 4 is 45.9 Å². The summed E-state index contributed by atoms with van der Waals surface area (Å²) in [6.45, 7) is 2.08. The number of ketones is 1. The molecule has 0 unspecified atom stereocenters. The van der Waals surface area contributed by atoms with Crippen LogP contribution in [0.15, 0.2) is 42.5 Å². The molecule has 0 bridgehead atoms. The van der Waals surface area contributed by atoms with E-state index in [1.807, 2.05) is 18.2 Å². The smallest absolute Gasteiger partial charge is 0.313 e. The van der Waals surface area contributed by atoms with Gasteiger partial charge in [0.1, 0.15) is 18.8 Å². The minimum absolute atomic E-state index is 0.0999. The number of alkyl halides is 1. The Hall–Kier alpha value is -3.82. The van der Waals surface area contributed by atoms with Crippen LogP contribution in [-0.4, -0.2) is 53.3 Å². The molecule has 33 heavy (non-hydrogen) atoms. The van der Waals surface area contributed by atoms with Gasteiger partial charge in [0.25, 0.3) is 0 Å². The van der Waals surface area contributed by atoms with Gasteiger partial charge in [-0.3, -0.25) is 24.0 Å². The molecule has 10 heteroatoms. The minimum atomic E-state index is -1.59. The number of benzene rings is 2. The number of carbonyl (C=O) groups is 5. The molecule has 0 aliphatic heterocycles. The topological polar surface area (TPSA) is 142 Å². The lowest BCUT2D eigenvalue weighted by Crippen LogP contribution is -2.54. The van der Waals surface area contributed by atoms with Crippen molar-refractivity contribution in [1.82, 2.24) is 10.6 Å². The van der Waals surface area contributed by atoms with Crippen LogP contribution in [-0.2, 0) is 24.0 Å². The summed E-state index contributed by atoms with van der Waals surface area (Å²) < 4.78 is 12.8. The first-order valence-corrected chi connectivity index (χ1v) is 10.3. The van der Waals surface area contributed by atoms with Crippen LogP contribution in [0.4, 0.5) is 10.1 Å². The highest BCUT2D eigenvalue weighted by atomic mass is 19.1. The van der Waals surface area contributed by atoms with Gasteiger partial charge in [-0.2, -0.15) is 0 Å². The monoisotopic (exact) mass is 459 g/mol. The number of Topliss-reactive ketones (excluding diaryl/α,β-unsaturated/α-hetero) is 1. The molecule has 2 aromatic carbocycles. The standard InChI is InChI=1S/C23H26FN3O6/c1-13(2)10-18(21(31)26-17(11-20(29)30)19(28)12-24)27-23(33)22(32)25-16-9-5-7-14-6-3-4-8-15(14)16/h3-9,13,17-18H,10-12H2,1-2H3,(H,25,32)(H,26,31)(H,27,33)(H,29,30)/t17-,18-/m0/s1. The molecule has 0 radical (unpaired) electrons. The van der Waals surface area contributed by atoms with Crippen LogP contribution in [0, 0.1) is 5.92 Å². The quantitative estimate of drug-likeness (QED) is 0.399. The van der Waals surface area contributed by atoms with Gasteiger partial charge in [0.15, 0.2) is 5.78 Å². The van der Waals surface area contributed by atoms with Gasteiger partial charge in [-0.1, -0.05) is 50.2 Å². The first kappa shape index (κ1) is 25.4. The summed E-state index contributed by atoms with van der Waals surface area (Å²) in [6.07, 6.45) is -0.707. The number of nitrogens with one attached hydrogen (secondary N) is 3. The fourth-order valence-electron chi connectivity index (χ4n) is 3.23. The SMILES string of the molecule is CC(C)C[C@H](NC(=O)C(=O)Nc1cccc2ccccc12)C(=O)N[C@@H](CC(=O)O)C(=O)CF. The van der Waals surface area contributed by atoms with E-state index in [0.29, 0.717) is 5.69 Å². The maximum atomic E-state index is 12.8. The molecule has 0 saturated carbocycles. The van der Waals surface area contributed by atoms with Crippen molar-refractivity contribution in [3.05, 3.63) is 42.5 Å². The zero-order chi connectivity index (χ0) is 24.5. The summed E-state index contributed by atoms with van der Waals surface area (Å²) in [7, 11) is 0. The molecule has 9 nitrogen and oxygen atoms in total. The Morgan fingerprint density at radius 1 is 0.909 bits per heavy atom. The minimum Gasteiger partial charge on any atom is -0.481 e. The van der Waals surface area contributed by atoms with Crippen molar-refractivity contribution < 1.29 is 33.5 Å². The van der Waals surface area contributed by atoms with Gasteiger partial charge in [0.2, 0.25) is 5.91 Å². The number of halogens is 1. The highest BCUT2D eigenvalue weighted by Gasteiger charge is 2.30. The Morgan fingerprint density at radius 3 is 2.21 bits per heavy atom. The molecule has 0 aliphatic carbocycles. The Bertz CT molecular complexity index is 1050. The van der Waals surface area contributed by atoms with Crippen LogP contribution in [0.3, 0.4) is 0 Å². The van der Waals surface area contributed by atoms with E-state index >= 15 is 0 Å². The third-order valence-corrected chi connectivity index (χ3v) is 4.79. The molecule has 0 fully saturated rings. The number of amides is 3. The van der Waals surface area contributed by atoms with E-state index in [1.54, 1.807) is 38.1 Å². The molecule has 0 aliphatic rings. The van der Waals surface area contributed by atoms with Crippen molar-refractivity contribution in [1.29, 1.82) is 0 Å². The van der Waals surface area contributed by atoms with Gasteiger partial charge in [-0.25, -0.2) is 4.39 Å². The predicted octanol–water partition coefficient (Wildman–Crippen LogP) is 1.81. The van der Waals surface area contributed by atoms with E-state index in [2.05, 4.69) is 16.0 Å². The molecule has 2 aromatic rings. The highest BCUT2D eigenvalue weighted by molar-refractivity contribution is 6.40. The van der Waals surface area contributed by atoms with E-state index in [-0.39, 0.29) is 12.3 Å².